The van der Waals surface area contributed by atoms with E-state index in [0.717, 1.165) is 16.8 Å². The zero-order chi connectivity index (χ0) is 20.0. The van der Waals surface area contributed by atoms with Gasteiger partial charge < -0.3 is 24.2 Å². The van der Waals surface area contributed by atoms with Crippen LogP contribution in [-0.4, -0.2) is 73.1 Å². The normalized spacial score (nSPS) is 18.4. The second kappa shape index (κ2) is 7.04. The van der Waals surface area contributed by atoms with Crippen LogP contribution in [0.3, 0.4) is 0 Å². The van der Waals surface area contributed by atoms with E-state index in [4.69, 9.17) is 9.47 Å². The lowest BCUT2D eigenvalue weighted by Crippen LogP contribution is -2.40. The number of benzene rings is 1. The molecule has 1 aromatic carbocycles. The van der Waals surface area contributed by atoms with Gasteiger partial charge in [0.15, 0.2) is 11.6 Å². The van der Waals surface area contributed by atoms with Crippen LogP contribution in [0.2, 0.25) is 0 Å². The third-order valence-corrected chi connectivity index (χ3v) is 5.59. The topological polar surface area (TPSA) is 75.2 Å². The summed E-state index contributed by atoms with van der Waals surface area (Å²) < 4.78 is 11.1. The number of morpholine rings is 1. The molecule has 3 aliphatic rings. The number of ether oxygens (including phenoxy) is 2. The van der Waals surface area contributed by atoms with E-state index >= 15 is 0 Å². The summed E-state index contributed by atoms with van der Waals surface area (Å²) in [5.41, 5.74) is 3.26. The van der Waals surface area contributed by atoms with Crippen molar-refractivity contribution in [1.82, 2.24) is 14.8 Å². The van der Waals surface area contributed by atoms with Crippen molar-refractivity contribution in [2.45, 2.75) is 6.54 Å². The lowest BCUT2D eigenvalue weighted by atomic mass is 10.1. The van der Waals surface area contributed by atoms with E-state index in [9.17, 15) is 9.59 Å². The van der Waals surface area contributed by atoms with Crippen molar-refractivity contribution in [3.8, 4) is 5.75 Å². The summed E-state index contributed by atoms with van der Waals surface area (Å²) in [6.45, 7) is 4.06. The van der Waals surface area contributed by atoms with Gasteiger partial charge in [0.2, 0.25) is 0 Å². The molecule has 0 aliphatic carbocycles. The van der Waals surface area contributed by atoms with Crippen LogP contribution in [0.4, 0.5) is 11.5 Å². The van der Waals surface area contributed by atoms with Gasteiger partial charge in [-0.05, 0) is 29.8 Å². The second-order valence-electron chi connectivity index (χ2n) is 7.45. The summed E-state index contributed by atoms with van der Waals surface area (Å²) in [6, 6.07) is 7.64. The van der Waals surface area contributed by atoms with Crippen LogP contribution in [0, 0.1) is 0 Å². The minimum atomic E-state index is -0.0524. The second-order valence-corrected chi connectivity index (χ2v) is 7.45. The van der Waals surface area contributed by atoms with Crippen LogP contribution in [0.15, 0.2) is 30.5 Å². The molecule has 0 N–H and O–H groups in total. The number of nitrogens with zero attached hydrogens (tertiary/aromatic N) is 4. The molecule has 3 aliphatic heterocycles. The molecule has 4 heterocycles. The third kappa shape index (κ3) is 3.09. The quantitative estimate of drug-likeness (QED) is 0.771. The standard InChI is InChI=1S/C21H22N4O4/c1-23-13-15-10-16(2-3-17(15)21(23)27)25-6-9-29-18-11-14(12-22-19(18)25)20(26)24-4-7-28-8-5-24/h2-3,10-12H,4-9,13H2,1H3. The van der Waals surface area contributed by atoms with Crippen molar-refractivity contribution in [1.29, 1.82) is 0 Å². The summed E-state index contributed by atoms with van der Waals surface area (Å²) in [7, 11) is 1.81. The fraction of sp³-hybridized carbons (Fsp3) is 0.381. The third-order valence-electron chi connectivity index (χ3n) is 5.59. The van der Waals surface area contributed by atoms with Gasteiger partial charge in [-0.3, -0.25) is 9.59 Å². The molecule has 2 aromatic rings. The van der Waals surface area contributed by atoms with E-state index < -0.39 is 0 Å². The number of hydrogen-bond donors (Lipinski definition) is 0. The monoisotopic (exact) mass is 394 g/mol. The maximum atomic E-state index is 12.8. The molecule has 0 unspecified atom stereocenters. The van der Waals surface area contributed by atoms with Crippen molar-refractivity contribution in [3.63, 3.8) is 0 Å². The zero-order valence-electron chi connectivity index (χ0n) is 16.3. The van der Waals surface area contributed by atoms with E-state index in [0.29, 0.717) is 63.1 Å². The predicted molar refractivity (Wildman–Crippen MR) is 106 cm³/mol. The zero-order valence-corrected chi connectivity index (χ0v) is 16.3. The summed E-state index contributed by atoms with van der Waals surface area (Å²) in [4.78, 5) is 35.0. The molecule has 0 radical (unpaired) electrons. The van der Waals surface area contributed by atoms with Crippen LogP contribution in [0.1, 0.15) is 26.3 Å². The summed E-state index contributed by atoms with van der Waals surface area (Å²) in [6.07, 6.45) is 1.61. The van der Waals surface area contributed by atoms with Crippen LogP contribution in [-0.2, 0) is 11.3 Å². The molecule has 0 atom stereocenters. The van der Waals surface area contributed by atoms with E-state index in [1.807, 2.05) is 18.2 Å². The minimum Gasteiger partial charge on any atom is -0.488 e. The largest absolute Gasteiger partial charge is 0.488 e. The molecular weight excluding hydrogens is 372 g/mol. The number of amides is 2. The smallest absolute Gasteiger partial charge is 0.255 e. The lowest BCUT2D eigenvalue weighted by molar-refractivity contribution is 0.0302. The summed E-state index contributed by atoms with van der Waals surface area (Å²) in [5, 5.41) is 0. The Hall–Kier alpha value is -3.13. The molecule has 0 bridgehead atoms. The number of anilines is 2. The predicted octanol–water partition coefficient (Wildman–Crippen LogP) is 1.67. The van der Waals surface area contributed by atoms with Gasteiger partial charge in [-0.1, -0.05) is 0 Å². The van der Waals surface area contributed by atoms with Crippen molar-refractivity contribution in [3.05, 3.63) is 47.2 Å². The number of carbonyl (C=O) groups is 2. The molecule has 5 rings (SSSR count). The minimum absolute atomic E-state index is 0.0524. The molecule has 1 aromatic heterocycles. The highest BCUT2D eigenvalue weighted by molar-refractivity contribution is 5.99. The maximum Gasteiger partial charge on any atom is 0.255 e. The number of hydrogen-bond acceptors (Lipinski definition) is 6. The van der Waals surface area contributed by atoms with Crippen molar-refractivity contribution >= 4 is 23.3 Å². The average Bonchev–Trinajstić information content (AvgIpc) is 3.06. The molecule has 1 saturated heterocycles. The Labute approximate surface area is 168 Å². The number of carbonyl (C=O) groups excluding carboxylic acids is 2. The summed E-state index contributed by atoms with van der Waals surface area (Å²) in [5.74, 6) is 1.29. The first-order chi connectivity index (χ1) is 14.1. The van der Waals surface area contributed by atoms with Gasteiger partial charge in [0, 0.05) is 44.1 Å². The van der Waals surface area contributed by atoms with Crippen LogP contribution >= 0.6 is 0 Å². The van der Waals surface area contributed by atoms with Gasteiger partial charge >= 0.3 is 0 Å². The molecule has 2 amide bonds. The Morgan fingerprint density at radius 2 is 1.93 bits per heavy atom. The molecular formula is C21H22N4O4. The summed E-state index contributed by atoms with van der Waals surface area (Å²) >= 11 is 0. The Bertz CT molecular complexity index is 987. The Morgan fingerprint density at radius 3 is 2.76 bits per heavy atom. The van der Waals surface area contributed by atoms with Gasteiger partial charge in [0.1, 0.15) is 6.61 Å². The van der Waals surface area contributed by atoms with E-state index in [-0.39, 0.29) is 11.8 Å². The highest BCUT2D eigenvalue weighted by Gasteiger charge is 2.28. The van der Waals surface area contributed by atoms with Crippen LogP contribution < -0.4 is 9.64 Å². The fourth-order valence-electron chi connectivity index (χ4n) is 4.04. The van der Waals surface area contributed by atoms with Gasteiger partial charge in [-0.2, -0.15) is 0 Å². The lowest BCUT2D eigenvalue weighted by Gasteiger charge is -2.31. The van der Waals surface area contributed by atoms with Crippen molar-refractivity contribution < 1.29 is 19.1 Å². The van der Waals surface area contributed by atoms with E-state index in [2.05, 4.69) is 9.88 Å². The molecule has 150 valence electrons. The Morgan fingerprint density at radius 1 is 1.10 bits per heavy atom. The first-order valence-electron chi connectivity index (χ1n) is 9.77. The number of rotatable bonds is 2. The SMILES string of the molecule is CN1Cc2cc(N3CCOc4cc(C(=O)N5CCOCC5)cnc43)ccc2C1=O. The number of pyridine rings is 1. The van der Waals surface area contributed by atoms with Gasteiger partial charge in [0.05, 0.1) is 25.3 Å². The number of fused-ring (bicyclic) bond motifs is 2. The molecule has 29 heavy (non-hydrogen) atoms. The Kier molecular flexibility index (Phi) is 4.35. The average molecular weight is 394 g/mol. The molecule has 0 saturated carbocycles. The van der Waals surface area contributed by atoms with Crippen molar-refractivity contribution in [2.75, 3.05) is 51.4 Å². The Balaban J connectivity index is 1.44. The van der Waals surface area contributed by atoms with E-state index in [1.165, 1.54) is 0 Å². The van der Waals surface area contributed by atoms with Crippen molar-refractivity contribution in [2.24, 2.45) is 0 Å². The first kappa shape index (κ1) is 17.9. The fourth-order valence-corrected chi connectivity index (χ4v) is 4.04. The molecule has 8 nitrogen and oxygen atoms in total. The van der Waals surface area contributed by atoms with Gasteiger partial charge in [-0.25, -0.2) is 4.98 Å². The van der Waals surface area contributed by atoms with E-state index in [1.54, 1.807) is 29.1 Å². The van der Waals surface area contributed by atoms with Crippen LogP contribution in [0.25, 0.3) is 0 Å². The molecule has 8 heteroatoms. The van der Waals surface area contributed by atoms with Gasteiger partial charge in [0.25, 0.3) is 11.8 Å². The molecule has 0 spiro atoms. The highest BCUT2D eigenvalue weighted by atomic mass is 16.5. The maximum absolute atomic E-state index is 12.8. The highest BCUT2D eigenvalue weighted by Crippen LogP contribution is 2.37. The van der Waals surface area contributed by atoms with Gasteiger partial charge in [-0.15, -0.1) is 0 Å². The molecule has 1 fully saturated rings. The first-order valence-corrected chi connectivity index (χ1v) is 9.77. The van der Waals surface area contributed by atoms with Crippen LogP contribution in [0.5, 0.6) is 5.75 Å². The number of aromatic nitrogens is 1.